The molecule has 1 amide bonds. The standard InChI is InChI=1S/C10H14N2O2/c1-8(13)7-12(2)10(14)9-4-3-5-11-6-9/h3-6,8,13H,7H2,1-2H3. The highest BCUT2D eigenvalue weighted by molar-refractivity contribution is 5.93. The van der Waals surface area contributed by atoms with E-state index in [1.54, 1.807) is 32.3 Å². The highest BCUT2D eigenvalue weighted by Crippen LogP contribution is 2.01. The molecule has 4 nitrogen and oxygen atoms in total. The number of aromatic nitrogens is 1. The van der Waals surface area contributed by atoms with E-state index in [4.69, 9.17) is 5.11 Å². The van der Waals surface area contributed by atoms with E-state index in [1.807, 2.05) is 0 Å². The Labute approximate surface area is 83.2 Å². The third kappa shape index (κ3) is 2.81. The number of carbonyl (C=O) groups is 1. The summed E-state index contributed by atoms with van der Waals surface area (Å²) in [5, 5.41) is 9.11. The molecule has 0 fully saturated rings. The maximum absolute atomic E-state index is 11.7. The second kappa shape index (κ2) is 4.72. The summed E-state index contributed by atoms with van der Waals surface area (Å²) in [5.74, 6) is -0.126. The topological polar surface area (TPSA) is 53.4 Å². The fourth-order valence-corrected chi connectivity index (χ4v) is 1.19. The molecular formula is C10H14N2O2. The van der Waals surface area contributed by atoms with Crippen LogP contribution in [0.15, 0.2) is 24.5 Å². The van der Waals surface area contributed by atoms with Gasteiger partial charge in [0.25, 0.3) is 5.91 Å². The lowest BCUT2D eigenvalue weighted by Gasteiger charge is -2.18. The third-order valence-electron chi connectivity index (χ3n) is 1.79. The number of hydrogen-bond donors (Lipinski definition) is 1. The zero-order chi connectivity index (χ0) is 10.6. The molecule has 0 aliphatic rings. The van der Waals surface area contributed by atoms with Crippen molar-refractivity contribution in [3.63, 3.8) is 0 Å². The first-order valence-corrected chi connectivity index (χ1v) is 4.45. The second-order valence-electron chi connectivity index (χ2n) is 3.28. The van der Waals surface area contributed by atoms with Gasteiger partial charge in [-0.2, -0.15) is 0 Å². The van der Waals surface area contributed by atoms with E-state index in [2.05, 4.69) is 4.98 Å². The van der Waals surface area contributed by atoms with Gasteiger partial charge in [-0.3, -0.25) is 9.78 Å². The van der Waals surface area contributed by atoms with Crippen molar-refractivity contribution in [3.05, 3.63) is 30.1 Å². The van der Waals surface area contributed by atoms with Crippen molar-refractivity contribution in [2.24, 2.45) is 0 Å². The monoisotopic (exact) mass is 194 g/mol. The second-order valence-corrected chi connectivity index (χ2v) is 3.28. The maximum Gasteiger partial charge on any atom is 0.255 e. The van der Waals surface area contributed by atoms with E-state index in [1.165, 1.54) is 11.1 Å². The van der Waals surface area contributed by atoms with Gasteiger partial charge in [-0.1, -0.05) is 0 Å². The van der Waals surface area contributed by atoms with Crippen LogP contribution in [0, 0.1) is 0 Å². The van der Waals surface area contributed by atoms with E-state index < -0.39 is 6.10 Å². The SMILES string of the molecule is CC(O)CN(C)C(=O)c1cccnc1. The van der Waals surface area contributed by atoms with Crippen LogP contribution in [0.3, 0.4) is 0 Å². The number of amides is 1. The summed E-state index contributed by atoms with van der Waals surface area (Å²) in [7, 11) is 1.65. The van der Waals surface area contributed by atoms with Crippen LogP contribution in [-0.2, 0) is 0 Å². The molecule has 0 radical (unpaired) electrons. The van der Waals surface area contributed by atoms with E-state index in [0.717, 1.165) is 0 Å². The molecule has 4 heteroatoms. The number of hydrogen-bond acceptors (Lipinski definition) is 3. The van der Waals surface area contributed by atoms with Gasteiger partial charge >= 0.3 is 0 Å². The molecule has 0 aromatic carbocycles. The molecule has 0 saturated heterocycles. The number of carbonyl (C=O) groups excluding carboxylic acids is 1. The average Bonchev–Trinajstić information content (AvgIpc) is 2.17. The summed E-state index contributed by atoms with van der Waals surface area (Å²) in [6.45, 7) is 1.97. The van der Waals surface area contributed by atoms with Gasteiger partial charge in [-0.05, 0) is 19.1 Å². The first kappa shape index (κ1) is 10.7. The van der Waals surface area contributed by atoms with E-state index >= 15 is 0 Å². The van der Waals surface area contributed by atoms with Crippen molar-refractivity contribution in [1.82, 2.24) is 9.88 Å². The Hall–Kier alpha value is -1.42. The molecule has 14 heavy (non-hydrogen) atoms. The van der Waals surface area contributed by atoms with Gasteiger partial charge in [0.15, 0.2) is 0 Å². The molecule has 1 unspecified atom stereocenters. The summed E-state index contributed by atoms with van der Waals surface area (Å²) >= 11 is 0. The molecule has 1 rings (SSSR count). The Morgan fingerprint density at radius 2 is 2.43 bits per heavy atom. The first-order chi connectivity index (χ1) is 6.61. The van der Waals surface area contributed by atoms with Gasteiger partial charge in [0.1, 0.15) is 0 Å². The Morgan fingerprint density at radius 1 is 1.71 bits per heavy atom. The number of aliphatic hydroxyl groups excluding tert-OH is 1. The van der Waals surface area contributed by atoms with E-state index in [-0.39, 0.29) is 5.91 Å². The lowest BCUT2D eigenvalue weighted by atomic mass is 10.2. The number of aliphatic hydroxyl groups is 1. The van der Waals surface area contributed by atoms with Crippen molar-refractivity contribution in [3.8, 4) is 0 Å². The number of pyridine rings is 1. The van der Waals surface area contributed by atoms with Crippen molar-refractivity contribution < 1.29 is 9.90 Å². The fraction of sp³-hybridized carbons (Fsp3) is 0.400. The summed E-state index contributed by atoms with van der Waals surface area (Å²) in [6, 6.07) is 3.41. The van der Waals surface area contributed by atoms with E-state index in [9.17, 15) is 4.79 Å². The summed E-state index contributed by atoms with van der Waals surface area (Å²) in [6.07, 6.45) is 2.62. The number of rotatable bonds is 3. The lowest BCUT2D eigenvalue weighted by Crippen LogP contribution is -2.33. The average molecular weight is 194 g/mol. The summed E-state index contributed by atoms with van der Waals surface area (Å²) < 4.78 is 0. The minimum Gasteiger partial charge on any atom is -0.392 e. The first-order valence-electron chi connectivity index (χ1n) is 4.45. The molecular weight excluding hydrogens is 180 g/mol. The minimum atomic E-state index is -0.513. The number of nitrogens with zero attached hydrogens (tertiary/aromatic N) is 2. The van der Waals surface area contributed by atoms with Gasteiger partial charge < -0.3 is 10.0 Å². The zero-order valence-corrected chi connectivity index (χ0v) is 8.34. The van der Waals surface area contributed by atoms with E-state index in [0.29, 0.717) is 12.1 Å². The van der Waals surface area contributed by atoms with Crippen LogP contribution in [0.2, 0.25) is 0 Å². The Balaban J connectivity index is 2.66. The molecule has 0 spiro atoms. The van der Waals surface area contributed by atoms with Gasteiger partial charge in [0, 0.05) is 26.0 Å². The Morgan fingerprint density at radius 3 is 2.93 bits per heavy atom. The molecule has 76 valence electrons. The molecule has 0 saturated carbocycles. The highest BCUT2D eigenvalue weighted by atomic mass is 16.3. The lowest BCUT2D eigenvalue weighted by molar-refractivity contribution is 0.0703. The van der Waals surface area contributed by atoms with Crippen LogP contribution in [0.4, 0.5) is 0 Å². The predicted octanol–water partition coefficient (Wildman–Crippen LogP) is 0.534. The zero-order valence-electron chi connectivity index (χ0n) is 8.34. The van der Waals surface area contributed by atoms with Crippen LogP contribution in [0.1, 0.15) is 17.3 Å². The fourth-order valence-electron chi connectivity index (χ4n) is 1.19. The van der Waals surface area contributed by atoms with Crippen molar-refractivity contribution in [2.45, 2.75) is 13.0 Å². The molecule has 0 aliphatic carbocycles. The van der Waals surface area contributed by atoms with Crippen molar-refractivity contribution in [1.29, 1.82) is 0 Å². The largest absolute Gasteiger partial charge is 0.392 e. The highest BCUT2D eigenvalue weighted by Gasteiger charge is 2.12. The van der Waals surface area contributed by atoms with Gasteiger partial charge in [0.2, 0.25) is 0 Å². The van der Waals surface area contributed by atoms with Gasteiger partial charge in [-0.25, -0.2) is 0 Å². The minimum absolute atomic E-state index is 0.126. The van der Waals surface area contributed by atoms with Crippen molar-refractivity contribution in [2.75, 3.05) is 13.6 Å². The summed E-state index contributed by atoms with van der Waals surface area (Å²) in [4.78, 5) is 17.0. The summed E-state index contributed by atoms with van der Waals surface area (Å²) in [5.41, 5.74) is 0.538. The Bertz CT molecular complexity index is 298. The molecule has 1 atom stereocenters. The molecule has 0 bridgehead atoms. The maximum atomic E-state index is 11.7. The van der Waals surface area contributed by atoms with Crippen LogP contribution in [-0.4, -0.2) is 40.6 Å². The molecule has 1 aromatic heterocycles. The Kier molecular flexibility index (Phi) is 3.59. The number of likely N-dealkylation sites (N-methyl/N-ethyl adjacent to an activating group) is 1. The molecule has 1 N–H and O–H groups in total. The van der Waals surface area contributed by atoms with Crippen molar-refractivity contribution >= 4 is 5.91 Å². The van der Waals surface area contributed by atoms with Crippen LogP contribution >= 0.6 is 0 Å². The normalized spacial score (nSPS) is 12.2. The molecule has 0 aliphatic heterocycles. The molecule has 1 heterocycles. The third-order valence-corrected chi connectivity index (χ3v) is 1.79. The smallest absolute Gasteiger partial charge is 0.255 e. The quantitative estimate of drug-likeness (QED) is 0.763. The molecule has 1 aromatic rings. The van der Waals surface area contributed by atoms with Gasteiger partial charge in [-0.15, -0.1) is 0 Å². The predicted molar refractivity (Wildman–Crippen MR) is 52.9 cm³/mol. The van der Waals surface area contributed by atoms with Gasteiger partial charge in [0.05, 0.1) is 11.7 Å². The van der Waals surface area contributed by atoms with Crippen LogP contribution < -0.4 is 0 Å². The van der Waals surface area contributed by atoms with Crippen LogP contribution in [0.25, 0.3) is 0 Å². The van der Waals surface area contributed by atoms with Crippen LogP contribution in [0.5, 0.6) is 0 Å².